The van der Waals surface area contributed by atoms with Crippen LogP contribution in [-0.2, 0) is 6.42 Å². The number of nitrogens with one attached hydrogen (secondary N) is 2. The summed E-state index contributed by atoms with van der Waals surface area (Å²) in [5, 5.41) is 10.9. The molecule has 0 aliphatic carbocycles. The number of hydrogen-bond donors (Lipinski definition) is 3. The molecule has 0 aliphatic heterocycles. The van der Waals surface area contributed by atoms with Crippen molar-refractivity contribution in [2.75, 3.05) is 17.6 Å². The minimum Gasteiger partial charge on any atom is -0.369 e. The molecule has 6 nitrogen and oxygen atoms in total. The number of fused-ring (bicyclic) bond motifs is 1. The Labute approximate surface area is 116 Å². The summed E-state index contributed by atoms with van der Waals surface area (Å²) in [7, 11) is 0. The van der Waals surface area contributed by atoms with Crippen LogP contribution in [0.1, 0.15) is 12.0 Å². The molecule has 0 bridgehead atoms. The zero-order valence-corrected chi connectivity index (χ0v) is 11.0. The van der Waals surface area contributed by atoms with Gasteiger partial charge in [0.15, 0.2) is 5.65 Å². The maximum atomic E-state index is 5.67. The Hall–Kier alpha value is -2.63. The average molecular weight is 268 g/mol. The van der Waals surface area contributed by atoms with Gasteiger partial charge in [0, 0.05) is 6.54 Å². The van der Waals surface area contributed by atoms with Crippen LogP contribution >= 0.6 is 0 Å². The summed E-state index contributed by atoms with van der Waals surface area (Å²) in [5.41, 5.74) is 7.66. The summed E-state index contributed by atoms with van der Waals surface area (Å²) in [5.74, 6) is 0.974. The minimum atomic E-state index is 0.243. The van der Waals surface area contributed by atoms with Crippen molar-refractivity contribution >= 4 is 22.8 Å². The fourth-order valence-corrected chi connectivity index (χ4v) is 2.13. The number of aromatic nitrogens is 4. The van der Waals surface area contributed by atoms with Gasteiger partial charge in [-0.15, -0.1) is 0 Å². The van der Waals surface area contributed by atoms with E-state index in [1.54, 1.807) is 6.20 Å². The van der Waals surface area contributed by atoms with Crippen LogP contribution in [-0.4, -0.2) is 26.7 Å². The number of H-pyrrole nitrogens is 1. The molecule has 3 aromatic rings. The summed E-state index contributed by atoms with van der Waals surface area (Å²) in [6, 6.07) is 10.4. The Bertz CT molecular complexity index is 691. The quantitative estimate of drug-likeness (QED) is 0.615. The topological polar surface area (TPSA) is 92.5 Å². The molecule has 3 rings (SSSR count). The second-order valence-corrected chi connectivity index (χ2v) is 4.58. The maximum Gasteiger partial charge on any atom is 0.224 e. The van der Waals surface area contributed by atoms with Gasteiger partial charge >= 0.3 is 0 Å². The van der Waals surface area contributed by atoms with Crippen LogP contribution in [0.4, 0.5) is 11.8 Å². The third kappa shape index (κ3) is 2.69. The highest BCUT2D eigenvalue weighted by atomic mass is 15.2. The Morgan fingerprint density at radius 2 is 2.00 bits per heavy atom. The number of aryl methyl sites for hydroxylation is 1. The number of rotatable bonds is 5. The van der Waals surface area contributed by atoms with E-state index >= 15 is 0 Å². The van der Waals surface area contributed by atoms with E-state index in [2.05, 4.69) is 49.7 Å². The molecule has 0 radical (unpaired) electrons. The number of nitrogen functional groups attached to an aromatic ring is 1. The number of nitrogens with two attached hydrogens (primary N) is 1. The zero-order chi connectivity index (χ0) is 13.8. The molecular weight excluding hydrogens is 252 g/mol. The molecule has 2 aromatic heterocycles. The number of nitrogens with zero attached hydrogens (tertiary/aromatic N) is 3. The lowest BCUT2D eigenvalue weighted by atomic mass is 10.1. The largest absolute Gasteiger partial charge is 0.369 e. The second-order valence-electron chi connectivity index (χ2n) is 4.58. The van der Waals surface area contributed by atoms with Gasteiger partial charge in [-0.1, -0.05) is 30.3 Å². The molecule has 2 heterocycles. The summed E-state index contributed by atoms with van der Waals surface area (Å²) in [6.45, 7) is 0.825. The van der Waals surface area contributed by atoms with Crippen LogP contribution < -0.4 is 11.1 Å². The van der Waals surface area contributed by atoms with Gasteiger partial charge < -0.3 is 11.1 Å². The molecular formula is C14H16N6. The van der Waals surface area contributed by atoms with Gasteiger partial charge in [-0.25, -0.2) is 0 Å². The first-order valence-electron chi connectivity index (χ1n) is 6.57. The van der Waals surface area contributed by atoms with E-state index in [4.69, 9.17) is 5.73 Å². The average Bonchev–Trinajstić information content (AvgIpc) is 2.92. The highest BCUT2D eigenvalue weighted by Gasteiger charge is 2.07. The third-order valence-electron chi connectivity index (χ3n) is 3.10. The molecule has 6 heteroatoms. The summed E-state index contributed by atoms with van der Waals surface area (Å²) >= 11 is 0. The minimum absolute atomic E-state index is 0.243. The van der Waals surface area contributed by atoms with Crippen LogP contribution in [0.5, 0.6) is 0 Å². The van der Waals surface area contributed by atoms with Crippen molar-refractivity contribution in [2.24, 2.45) is 0 Å². The highest BCUT2D eigenvalue weighted by Crippen LogP contribution is 2.18. The Morgan fingerprint density at radius 1 is 1.15 bits per heavy atom. The van der Waals surface area contributed by atoms with Crippen LogP contribution in [0, 0.1) is 0 Å². The van der Waals surface area contributed by atoms with E-state index in [9.17, 15) is 0 Å². The van der Waals surface area contributed by atoms with Crippen LogP contribution in [0.2, 0.25) is 0 Å². The van der Waals surface area contributed by atoms with E-state index in [0.717, 1.165) is 30.6 Å². The monoisotopic (exact) mass is 268 g/mol. The number of benzene rings is 1. The lowest BCUT2D eigenvalue weighted by Gasteiger charge is -2.07. The van der Waals surface area contributed by atoms with Crippen molar-refractivity contribution in [3.8, 4) is 0 Å². The van der Waals surface area contributed by atoms with Crippen molar-refractivity contribution in [1.82, 2.24) is 20.2 Å². The summed E-state index contributed by atoms with van der Waals surface area (Å²) in [4.78, 5) is 8.29. The van der Waals surface area contributed by atoms with Gasteiger partial charge in [0.1, 0.15) is 5.82 Å². The summed E-state index contributed by atoms with van der Waals surface area (Å²) in [6.07, 6.45) is 3.75. The number of aromatic amines is 1. The van der Waals surface area contributed by atoms with E-state index in [1.165, 1.54) is 5.56 Å². The fraction of sp³-hybridized carbons (Fsp3) is 0.214. The molecule has 0 unspecified atom stereocenters. The lowest BCUT2D eigenvalue weighted by molar-refractivity contribution is 0.860. The Balaban J connectivity index is 1.61. The second kappa shape index (κ2) is 5.56. The van der Waals surface area contributed by atoms with Crippen molar-refractivity contribution in [1.29, 1.82) is 0 Å². The predicted octanol–water partition coefficient (Wildman–Crippen LogP) is 1.98. The van der Waals surface area contributed by atoms with Gasteiger partial charge in [-0.05, 0) is 18.4 Å². The smallest absolute Gasteiger partial charge is 0.224 e. The van der Waals surface area contributed by atoms with Gasteiger partial charge in [-0.2, -0.15) is 15.1 Å². The molecule has 20 heavy (non-hydrogen) atoms. The molecule has 0 spiro atoms. The standard InChI is InChI=1S/C14H16N6/c15-14-18-12(11-9-17-20-13(11)19-14)16-8-4-7-10-5-2-1-3-6-10/h1-3,5-6,9H,4,7-8H2,(H4,15,16,17,18,19,20). The van der Waals surface area contributed by atoms with E-state index in [0.29, 0.717) is 5.65 Å². The van der Waals surface area contributed by atoms with Gasteiger partial charge in [0.25, 0.3) is 0 Å². The first-order valence-corrected chi connectivity index (χ1v) is 6.57. The number of anilines is 2. The van der Waals surface area contributed by atoms with Gasteiger partial charge in [-0.3, -0.25) is 5.10 Å². The Kier molecular flexibility index (Phi) is 3.45. The zero-order valence-electron chi connectivity index (χ0n) is 11.0. The van der Waals surface area contributed by atoms with Crippen molar-refractivity contribution in [3.63, 3.8) is 0 Å². The maximum absolute atomic E-state index is 5.67. The molecule has 4 N–H and O–H groups in total. The van der Waals surface area contributed by atoms with E-state index in [1.807, 2.05) is 6.07 Å². The highest BCUT2D eigenvalue weighted by molar-refractivity contribution is 5.86. The van der Waals surface area contributed by atoms with Gasteiger partial charge in [0.05, 0.1) is 11.6 Å². The molecule has 1 aromatic carbocycles. The van der Waals surface area contributed by atoms with Crippen molar-refractivity contribution in [3.05, 3.63) is 42.1 Å². The normalized spacial score (nSPS) is 10.8. The van der Waals surface area contributed by atoms with Crippen LogP contribution in [0.15, 0.2) is 36.5 Å². The summed E-state index contributed by atoms with van der Waals surface area (Å²) < 4.78 is 0. The van der Waals surface area contributed by atoms with Crippen molar-refractivity contribution in [2.45, 2.75) is 12.8 Å². The number of hydrogen-bond acceptors (Lipinski definition) is 5. The predicted molar refractivity (Wildman–Crippen MR) is 79.3 cm³/mol. The van der Waals surface area contributed by atoms with Gasteiger partial charge in [0.2, 0.25) is 5.95 Å². The molecule has 0 atom stereocenters. The molecule has 0 amide bonds. The third-order valence-corrected chi connectivity index (χ3v) is 3.10. The molecule has 0 aliphatic rings. The van der Waals surface area contributed by atoms with Crippen LogP contribution in [0.3, 0.4) is 0 Å². The van der Waals surface area contributed by atoms with E-state index in [-0.39, 0.29) is 5.95 Å². The van der Waals surface area contributed by atoms with Crippen molar-refractivity contribution < 1.29 is 0 Å². The molecule has 0 saturated carbocycles. The first-order chi connectivity index (χ1) is 9.83. The molecule has 102 valence electrons. The fourth-order valence-electron chi connectivity index (χ4n) is 2.13. The first kappa shape index (κ1) is 12.4. The molecule has 0 fully saturated rings. The Morgan fingerprint density at radius 3 is 2.85 bits per heavy atom. The van der Waals surface area contributed by atoms with Crippen LogP contribution in [0.25, 0.3) is 11.0 Å². The lowest BCUT2D eigenvalue weighted by Crippen LogP contribution is -2.07. The van der Waals surface area contributed by atoms with E-state index < -0.39 is 0 Å². The SMILES string of the molecule is Nc1nc(NCCCc2ccccc2)c2cn[nH]c2n1. The molecule has 0 saturated heterocycles.